The minimum absolute atomic E-state index is 0.353. The monoisotopic (exact) mass is 913 g/mol. The highest BCUT2D eigenvalue weighted by Crippen LogP contribution is 2.70. The second-order valence-electron chi connectivity index (χ2n) is 24.8. The van der Waals surface area contributed by atoms with Crippen LogP contribution in [-0.2, 0) is 0 Å². The van der Waals surface area contributed by atoms with Crippen molar-refractivity contribution < 1.29 is 0 Å². The third-order valence-electron chi connectivity index (χ3n) is 17.7. The van der Waals surface area contributed by atoms with Gasteiger partial charge in [0.15, 0.2) is 0 Å². The fraction of sp³-hybridized carbons (Fsp3) is 1.00. The molecule has 65 heavy (non-hydrogen) atoms. The van der Waals surface area contributed by atoms with Gasteiger partial charge in [0.25, 0.3) is 0 Å². The van der Waals surface area contributed by atoms with Crippen LogP contribution in [-0.4, -0.2) is 0 Å². The molecule has 0 heterocycles. The van der Waals surface area contributed by atoms with Crippen LogP contribution in [0.15, 0.2) is 0 Å². The standard InChI is InChI=1S/C65H132/c1-13-19-25-30-35-37-40-44-50-56-64(54-48-42-38-32-27-21-15-3,55-49-43-39-36-31-26-20-14-2)65(57-51-45-34-29-23-17-5,59-62(10,11)58-60(7)8)63(12,53-47-24-18-6)61(9)52-46-41-33-28-22-16-4/h60-61H,13-59H2,1-12H3. The molecule has 0 aromatic carbocycles. The van der Waals surface area contributed by atoms with E-state index in [-0.39, 0.29) is 0 Å². The van der Waals surface area contributed by atoms with E-state index < -0.39 is 0 Å². The Balaban J connectivity index is 7.86. The first-order valence-electron chi connectivity index (χ1n) is 31.4. The van der Waals surface area contributed by atoms with Gasteiger partial charge >= 0.3 is 0 Å². The summed E-state index contributed by atoms with van der Waals surface area (Å²) in [6, 6.07) is 0. The first-order chi connectivity index (χ1) is 31.4. The second-order valence-corrected chi connectivity index (χ2v) is 24.8. The topological polar surface area (TPSA) is 0 Å². The molecule has 392 valence electrons. The van der Waals surface area contributed by atoms with E-state index in [0.717, 1.165) is 11.8 Å². The van der Waals surface area contributed by atoms with Gasteiger partial charge in [-0.2, -0.15) is 0 Å². The van der Waals surface area contributed by atoms with Gasteiger partial charge in [-0.3, -0.25) is 0 Å². The molecule has 0 nitrogen and oxygen atoms in total. The van der Waals surface area contributed by atoms with Gasteiger partial charge in [0, 0.05) is 0 Å². The molecule has 0 rings (SSSR count). The quantitative estimate of drug-likeness (QED) is 0.0534. The molecule has 0 aromatic heterocycles. The molecule has 0 bridgehead atoms. The zero-order valence-electron chi connectivity index (χ0n) is 48.4. The number of hydrogen-bond acceptors (Lipinski definition) is 0. The van der Waals surface area contributed by atoms with Crippen LogP contribution in [0.4, 0.5) is 0 Å². The van der Waals surface area contributed by atoms with E-state index in [0.29, 0.717) is 21.7 Å². The smallest absolute Gasteiger partial charge is 0.0179 e. The van der Waals surface area contributed by atoms with E-state index in [1.165, 1.54) is 302 Å². The zero-order chi connectivity index (χ0) is 48.4. The Morgan fingerprint density at radius 3 is 0.877 bits per heavy atom. The average Bonchev–Trinajstić information content (AvgIpc) is 3.27. The van der Waals surface area contributed by atoms with Crippen LogP contribution in [0.2, 0.25) is 0 Å². The maximum absolute atomic E-state index is 3.01. The molecule has 0 aliphatic rings. The number of unbranched alkanes of at least 4 members (excludes halogenated alkanes) is 33. The molecule has 0 saturated carbocycles. The van der Waals surface area contributed by atoms with Gasteiger partial charge in [-0.05, 0) is 78.4 Å². The zero-order valence-corrected chi connectivity index (χ0v) is 48.4. The molecule has 0 spiro atoms. The highest BCUT2D eigenvalue weighted by Gasteiger charge is 2.61. The van der Waals surface area contributed by atoms with Crippen molar-refractivity contribution in [2.24, 2.45) is 33.5 Å². The van der Waals surface area contributed by atoms with Crippen LogP contribution in [0.3, 0.4) is 0 Å². The molecule has 0 heteroatoms. The van der Waals surface area contributed by atoms with E-state index in [4.69, 9.17) is 0 Å². The lowest BCUT2D eigenvalue weighted by Crippen LogP contribution is -2.57. The molecule has 0 aromatic rings. The summed E-state index contributed by atoms with van der Waals surface area (Å²) in [6.45, 7) is 30.9. The minimum atomic E-state index is 0.353. The van der Waals surface area contributed by atoms with Crippen LogP contribution in [0, 0.1) is 33.5 Å². The van der Waals surface area contributed by atoms with E-state index in [1.807, 2.05) is 0 Å². The molecule has 4 atom stereocenters. The van der Waals surface area contributed by atoms with Gasteiger partial charge in [0.05, 0.1) is 0 Å². The molecule has 0 fully saturated rings. The van der Waals surface area contributed by atoms with Crippen LogP contribution < -0.4 is 0 Å². The third-order valence-corrected chi connectivity index (χ3v) is 17.7. The predicted molar refractivity (Wildman–Crippen MR) is 302 cm³/mol. The minimum Gasteiger partial charge on any atom is -0.0654 e. The summed E-state index contributed by atoms with van der Waals surface area (Å²) in [5, 5.41) is 0. The van der Waals surface area contributed by atoms with Crippen LogP contribution in [0.25, 0.3) is 0 Å². The molecule has 0 radical (unpaired) electrons. The number of hydrogen-bond donors (Lipinski definition) is 0. The van der Waals surface area contributed by atoms with Crippen molar-refractivity contribution in [3.63, 3.8) is 0 Å². The summed E-state index contributed by atoms with van der Waals surface area (Å²) in [6.07, 6.45) is 68.2. The van der Waals surface area contributed by atoms with E-state index in [1.54, 1.807) is 0 Å². The Morgan fingerprint density at radius 1 is 0.292 bits per heavy atom. The molecule has 0 aliphatic heterocycles. The summed E-state index contributed by atoms with van der Waals surface area (Å²) in [4.78, 5) is 0. The third kappa shape index (κ3) is 29.7. The Morgan fingerprint density at radius 2 is 0.554 bits per heavy atom. The van der Waals surface area contributed by atoms with Gasteiger partial charge in [0.1, 0.15) is 0 Å². The molecule has 4 unspecified atom stereocenters. The SMILES string of the molecule is CCCCCCCCCCCC(CCCCCCCCC)(CCCCCCCCCC)C(CCCCCCCC)(CC(C)(C)CC(C)C)C(C)(CCCCC)C(C)CCCCCCCC. The summed E-state index contributed by atoms with van der Waals surface area (Å²) >= 11 is 0. The second kappa shape index (κ2) is 42.8. The van der Waals surface area contributed by atoms with Crippen molar-refractivity contribution in [2.75, 3.05) is 0 Å². The Labute approximate surface area is 416 Å². The fourth-order valence-electron chi connectivity index (χ4n) is 14.0. The summed E-state index contributed by atoms with van der Waals surface area (Å²) in [7, 11) is 0. The molecular formula is C65H132. The maximum atomic E-state index is 3.01. The van der Waals surface area contributed by atoms with Crippen LogP contribution in [0.1, 0.15) is 385 Å². The lowest BCUT2D eigenvalue weighted by atomic mass is 9.39. The van der Waals surface area contributed by atoms with Gasteiger partial charge in [0.2, 0.25) is 0 Å². The summed E-state index contributed by atoms with van der Waals surface area (Å²) in [5.74, 6) is 1.54. The van der Waals surface area contributed by atoms with Crippen LogP contribution >= 0.6 is 0 Å². The number of rotatable bonds is 52. The largest absolute Gasteiger partial charge is 0.0654 e. The lowest BCUT2D eigenvalue weighted by Gasteiger charge is -2.65. The molecular weight excluding hydrogens is 781 g/mol. The predicted octanol–water partition coefficient (Wildman–Crippen LogP) is 24.7. The van der Waals surface area contributed by atoms with Gasteiger partial charge in [-0.15, -0.1) is 0 Å². The molecule has 0 amide bonds. The summed E-state index contributed by atoms with van der Waals surface area (Å²) < 4.78 is 0. The average molecular weight is 914 g/mol. The van der Waals surface area contributed by atoms with Gasteiger partial charge in [-0.25, -0.2) is 0 Å². The Hall–Kier alpha value is 0. The van der Waals surface area contributed by atoms with Gasteiger partial charge < -0.3 is 0 Å². The van der Waals surface area contributed by atoms with Crippen molar-refractivity contribution in [3.05, 3.63) is 0 Å². The molecule has 0 aliphatic carbocycles. The van der Waals surface area contributed by atoms with Crippen molar-refractivity contribution in [3.8, 4) is 0 Å². The lowest BCUT2D eigenvalue weighted by molar-refractivity contribution is -0.163. The van der Waals surface area contributed by atoms with E-state index in [9.17, 15) is 0 Å². The Kier molecular flexibility index (Phi) is 42.8. The van der Waals surface area contributed by atoms with Crippen molar-refractivity contribution >= 4 is 0 Å². The highest BCUT2D eigenvalue weighted by atomic mass is 14.7. The first-order valence-corrected chi connectivity index (χ1v) is 31.4. The fourth-order valence-corrected chi connectivity index (χ4v) is 14.0. The Bertz CT molecular complexity index is 959. The van der Waals surface area contributed by atoms with Crippen molar-refractivity contribution in [1.82, 2.24) is 0 Å². The van der Waals surface area contributed by atoms with Crippen molar-refractivity contribution in [1.29, 1.82) is 0 Å². The highest BCUT2D eigenvalue weighted by molar-refractivity contribution is 5.10. The summed E-state index contributed by atoms with van der Waals surface area (Å²) in [5.41, 5.74) is 1.53. The van der Waals surface area contributed by atoms with E-state index in [2.05, 4.69) is 83.1 Å². The van der Waals surface area contributed by atoms with Crippen molar-refractivity contribution in [2.45, 2.75) is 385 Å². The molecule has 0 N–H and O–H groups in total. The van der Waals surface area contributed by atoms with E-state index >= 15 is 0 Å². The first kappa shape index (κ1) is 65.0. The maximum Gasteiger partial charge on any atom is -0.0179 e. The molecule has 0 saturated heterocycles. The normalized spacial score (nSPS) is 15.6. The van der Waals surface area contributed by atoms with Crippen LogP contribution in [0.5, 0.6) is 0 Å². The van der Waals surface area contributed by atoms with Gasteiger partial charge in [-0.1, -0.05) is 340 Å².